The summed E-state index contributed by atoms with van der Waals surface area (Å²) in [5, 5.41) is 5.66. The van der Waals surface area contributed by atoms with E-state index in [0.717, 1.165) is 9.87 Å². The van der Waals surface area contributed by atoms with Gasteiger partial charge in [0.25, 0.3) is 15.9 Å². The number of para-hydroxylation sites is 3. The van der Waals surface area contributed by atoms with Crippen molar-refractivity contribution in [1.82, 2.24) is 5.32 Å². The summed E-state index contributed by atoms with van der Waals surface area (Å²) < 4.78 is 39.1. The number of rotatable bonds is 11. The molecule has 9 nitrogen and oxygen atoms in total. The molecule has 212 valence electrons. The largest absolute Gasteiger partial charge is 0.497 e. The molecule has 0 radical (unpaired) electrons. The van der Waals surface area contributed by atoms with E-state index in [4.69, 9.17) is 9.47 Å². The summed E-state index contributed by atoms with van der Waals surface area (Å²) in [6.07, 6.45) is 0. The molecule has 41 heavy (non-hydrogen) atoms. The Labute approximate surface area is 239 Å². The number of methoxy groups -OCH3 is 2. The van der Waals surface area contributed by atoms with Gasteiger partial charge in [0.15, 0.2) is 0 Å². The van der Waals surface area contributed by atoms with Gasteiger partial charge in [-0.15, -0.1) is 0 Å². The minimum Gasteiger partial charge on any atom is -0.497 e. The second kappa shape index (κ2) is 13.0. The molecule has 1 unspecified atom stereocenters. The number of nitrogens with one attached hydrogen (secondary N) is 2. The van der Waals surface area contributed by atoms with E-state index < -0.39 is 22.5 Å². The van der Waals surface area contributed by atoms with Crippen LogP contribution in [-0.4, -0.2) is 41.0 Å². The van der Waals surface area contributed by atoms with E-state index in [1.54, 1.807) is 48.5 Å². The molecule has 4 aromatic rings. The van der Waals surface area contributed by atoms with Crippen LogP contribution < -0.4 is 24.4 Å². The number of hydrogen-bond acceptors (Lipinski definition) is 6. The number of sulfonamides is 1. The van der Waals surface area contributed by atoms with Gasteiger partial charge in [0.1, 0.15) is 18.0 Å². The minimum atomic E-state index is -4.21. The van der Waals surface area contributed by atoms with E-state index in [9.17, 15) is 18.0 Å². The van der Waals surface area contributed by atoms with Crippen LogP contribution in [0.25, 0.3) is 0 Å². The van der Waals surface area contributed by atoms with Gasteiger partial charge in [0.05, 0.1) is 42.1 Å². The second-order valence-electron chi connectivity index (χ2n) is 9.06. The highest BCUT2D eigenvalue weighted by Crippen LogP contribution is 2.32. The van der Waals surface area contributed by atoms with Crippen molar-refractivity contribution in [2.24, 2.45) is 0 Å². The van der Waals surface area contributed by atoms with Gasteiger partial charge in [-0.25, -0.2) is 8.42 Å². The van der Waals surface area contributed by atoms with Crippen LogP contribution in [0.2, 0.25) is 0 Å². The van der Waals surface area contributed by atoms with Crippen molar-refractivity contribution >= 4 is 33.2 Å². The Morgan fingerprint density at radius 2 is 1.44 bits per heavy atom. The van der Waals surface area contributed by atoms with Crippen LogP contribution >= 0.6 is 0 Å². The first-order chi connectivity index (χ1) is 19.7. The molecule has 0 heterocycles. The summed E-state index contributed by atoms with van der Waals surface area (Å²) >= 11 is 0. The molecule has 0 saturated carbocycles. The zero-order valence-corrected chi connectivity index (χ0v) is 23.7. The average Bonchev–Trinajstić information content (AvgIpc) is 3.00. The molecule has 0 aliphatic heterocycles. The number of ether oxygens (including phenoxy) is 2. The fourth-order valence-corrected chi connectivity index (χ4v) is 5.65. The third-order valence-corrected chi connectivity index (χ3v) is 8.16. The molecule has 0 bridgehead atoms. The second-order valence-corrected chi connectivity index (χ2v) is 10.9. The van der Waals surface area contributed by atoms with Crippen LogP contribution in [0.3, 0.4) is 0 Å². The number of nitrogens with zero attached hydrogens (tertiary/aromatic N) is 1. The first-order valence-corrected chi connectivity index (χ1v) is 14.2. The maximum Gasteiger partial charge on any atom is 0.264 e. The molecule has 1 atom stereocenters. The predicted molar refractivity (Wildman–Crippen MR) is 158 cm³/mol. The quantitative estimate of drug-likeness (QED) is 0.260. The van der Waals surface area contributed by atoms with E-state index >= 15 is 0 Å². The summed E-state index contributed by atoms with van der Waals surface area (Å²) in [5.41, 5.74) is 1.60. The van der Waals surface area contributed by atoms with E-state index in [0.29, 0.717) is 5.75 Å². The van der Waals surface area contributed by atoms with E-state index in [-0.39, 0.29) is 39.5 Å². The summed E-state index contributed by atoms with van der Waals surface area (Å²) in [6, 6.07) is 28.1. The van der Waals surface area contributed by atoms with Crippen LogP contribution in [0, 0.1) is 0 Å². The highest BCUT2D eigenvalue weighted by atomic mass is 32.2. The van der Waals surface area contributed by atoms with Crippen LogP contribution in [0.1, 0.15) is 28.9 Å². The first kappa shape index (κ1) is 29.2. The lowest BCUT2D eigenvalue weighted by Crippen LogP contribution is -2.38. The fraction of sp³-hybridized carbons (Fsp3) is 0.161. The van der Waals surface area contributed by atoms with Crippen molar-refractivity contribution in [3.05, 3.63) is 114 Å². The third-order valence-electron chi connectivity index (χ3n) is 6.38. The monoisotopic (exact) mass is 573 g/mol. The molecular formula is C31H31N3O6S. The number of anilines is 2. The lowest BCUT2D eigenvalue weighted by Gasteiger charge is -2.26. The SMILES string of the molecule is COc1ccc(S(=O)(=O)N(CC(=O)Nc2ccccc2C(=O)NC(C)c2ccccc2)c2ccccc2OC)cc1. The van der Waals surface area contributed by atoms with Crippen molar-refractivity contribution < 1.29 is 27.5 Å². The standard InChI is InChI=1S/C31H31N3O6S/c1-22(23-11-5-4-6-12-23)32-31(36)26-13-7-8-14-27(26)33-30(35)21-34(28-15-9-10-16-29(28)40-3)41(37,38)25-19-17-24(39-2)18-20-25/h4-20,22H,21H2,1-3H3,(H,32,36)(H,33,35). The van der Waals surface area contributed by atoms with Crippen LogP contribution in [0.5, 0.6) is 11.5 Å². The van der Waals surface area contributed by atoms with Gasteiger partial charge >= 0.3 is 0 Å². The summed E-state index contributed by atoms with van der Waals surface area (Å²) in [6.45, 7) is 1.29. The van der Waals surface area contributed by atoms with Crippen LogP contribution in [0.15, 0.2) is 108 Å². The zero-order chi connectivity index (χ0) is 29.4. The summed E-state index contributed by atoms with van der Waals surface area (Å²) in [7, 11) is -1.31. The Balaban J connectivity index is 1.61. The summed E-state index contributed by atoms with van der Waals surface area (Å²) in [4.78, 5) is 26.5. The molecule has 0 aliphatic carbocycles. The van der Waals surface area contributed by atoms with Gasteiger partial charge in [0.2, 0.25) is 5.91 Å². The molecule has 0 aromatic heterocycles. The van der Waals surface area contributed by atoms with E-state index in [2.05, 4.69) is 10.6 Å². The first-order valence-electron chi connectivity index (χ1n) is 12.8. The molecule has 4 aromatic carbocycles. The fourth-order valence-electron chi connectivity index (χ4n) is 4.22. The van der Waals surface area contributed by atoms with Gasteiger partial charge < -0.3 is 20.1 Å². The summed E-state index contributed by atoms with van der Waals surface area (Å²) in [5.74, 6) is -0.275. The third kappa shape index (κ3) is 6.85. The Morgan fingerprint density at radius 1 is 0.805 bits per heavy atom. The normalized spacial score (nSPS) is 11.7. The molecular weight excluding hydrogens is 542 g/mol. The Bertz CT molecular complexity index is 1610. The van der Waals surface area contributed by atoms with Crippen LogP contribution in [0.4, 0.5) is 11.4 Å². The number of hydrogen-bond donors (Lipinski definition) is 2. The van der Waals surface area contributed by atoms with Gasteiger partial charge in [-0.05, 0) is 61.0 Å². The highest BCUT2D eigenvalue weighted by molar-refractivity contribution is 7.92. The lowest BCUT2D eigenvalue weighted by atomic mass is 10.1. The van der Waals surface area contributed by atoms with Crippen molar-refractivity contribution in [3.63, 3.8) is 0 Å². The molecule has 4 rings (SSSR count). The number of benzene rings is 4. The van der Waals surface area contributed by atoms with Crippen LogP contribution in [-0.2, 0) is 14.8 Å². The highest BCUT2D eigenvalue weighted by Gasteiger charge is 2.30. The molecule has 0 fully saturated rings. The molecule has 0 aliphatic rings. The lowest BCUT2D eigenvalue weighted by molar-refractivity contribution is -0.114. The molecule has 0 spiro atoms. The molecule has 2 amide bonds. The van der Waals surface area contributed by atoms with Gasteiger partial charge in [-0.3, -0.25) is 13.9 Å². The molecule has 0 saturated heterocycles. The van der Waals surface area contributed by atoms with Gasteiger partial charge in [-0.1, -0.05) is 54.6 Å². The smallest absolute Gasteiger partial charge is 0.264 e. The van der Waals surface area contributed by atoms with Crippen molar-refractivity contribution in [2.75, 3.05) is 30.4 Å². The zero-order valence-electron chi connectivity index (χ0n) is 22.9. The predicted octanol–water partition coefficient (Wildman–Crippen LogP) is 5.03. The molecule has 2 N–H and O–H groups in total. The van der Waals surface area contributed by atoms with Crippen molar-refractivity contribution in [2.45, 2.75) is 17.9 Å². The number of carbonyl (C=O) groups excluding carboxylic acids is 2. The number of carbonyl (C=O) groups is 2. The van der Waals surface area contributed by atoms with E-state index in [1.165, 1.54) is 38.5 Å². The van der Waals surface area contributed by atoms with Crippen molar-refractivity contribution in [1.29, 1.82) is 0 Å². The Hall–Kier alpha value is -4.83. The number of amides is 2. The van der Waals surface area contributed by atoms with Gasteiger partial charge in [-0.2, -0.15) is 0 Å². The Morgan fingerprint density at radius 3 is 2.12 bits per heavy atom. The average molecular weight is 574 g/mol. The van der Waals surface area contributed by atoms with E-state index in [1.807, 2.05) is 37.3 Å². The minimum absolute atomic E-state index is 0.0355. The molecule has 10 heteroatoms. The maximum atomic E-state index is 13.8. The Kier molecular flexibility index (Phi) is 9.26. The maximum absolute atomic E-state index is 13.8. The topological polar surface area (TPSA) is 114 Å². The van der Waals surface area contributed by atoms with Crippen molar-refractivity contribution in [3.8, 4) is 11.5 Å². The van der Waals surface area contributed by atoms with Gasteiger partial charge in [0, 0.05) is 0 Å².